The normalized spacial score (nSPS) is 12.0. The van der Waals surface area contributed by atoms with E-state index in [0.29, 0.717) is 11.4 Å². The maximum atomic E-state index is 13.9. The third kappa shape index (κ3) is 5.43. The van der Waals surface area contributed by atoms with Gasteiger partial charge in [-0.25, -0.2) is 9.37 Å². The Balaban J connectivity index is 1.41. The van der Waals surface area contributed by atoms with E-state index in [0.717, 1.165) is 38.8 Å². The quantitative estimate of drug-likeness (QED) is 0.248. The van der Waals surface area contributed by atoms with Crippen LogP contribution in [0.1, 0.15) is 18.1 Å². The fraction of sp³-hybridized carbons (Fsp3) is 0.161. The first-order valence-electron chi connectivity index (χ1n) is 13.6. The number of nitrogens with zero attached hydrogens (tertiary/aromatic N) is 6. The zero-order valence-electron chi connectivity index (χ0n) is 23.7. The molecule has 3 N–H and O–H groups in total. The molecule has 11 nitrogen and oxygen atoms in total. The number of aromatic nitrogens is 7. The number of anilines is 1. The molecule has 2 aromatic carbocycles. The lowest BCUT2D eigenvalue weighted by molar-refractivity contribution is -0.117. The number of pyridine rings is 1. The Kier molecular flexibility index (Phi) is 7.34. The molecule has 43 heavy (non-hydrogen) atoms. The molecule has 0 aliphatic carbocycles. The molecule has 6 aromatic rings. The van der Waals surface area contributed by atoms with Crippen molar-refractivity contribution in [3.05, 3.63) is 107 Å². The van der Waals surface area contributed by atoms with E-state index < -0.39 is 11.6 Å². The van der Waals surface area contributed by atoms with Crippen LogP contribution in [0.3, 0.4) is 0 Å². The van der Waals surface area contributed by atoms with Crippen LogP contribution in [0.5, 0.6) is 0 Å². The van der Waals surface area contributed by atoms with Crippen molar-refractivity contribution in [2.24, 2.45) is 0 Å². The lowest BCUT2D eigenvalue weighted by Crippen LogP contribution is -2.38. The van der Waals surface area contributed by atoms with Crippen molar-refractivity contribution >= 4 is 22.6 Å². The number of hydrogen-bond acceptors (Lipinski definition) is 7. The number of rotatable bonds is 8. The van der Waals surface area contributed by atoms with Gasteiger partial charge in [0.25, 0.3) is 5.56 Å². The first-order valence-corrected chi connectivity index (χ1v) is 13.6. The number of aryl methyl sites for hydroxylation is 1. The second-order valence-corrected chi connectivity index (χ2v) is 10.2. The van der Waals surface area contributed by atoms with Gasteiger partial charge >= 0.3 is 0 Å². The van der Waals surface area contributed by atoms with Gasteiger partial charge < -0.3 is 15.2 Å². The van der Waals surface area contributed by atoms with Crippen LogP contribution in [0, 0.1) is 12.7 Å². The zero-order chi connectivity index (χ0) is 30.1. The molecule has 0 aliphatic rings. The summed E-state index contributed by atoms with van der Waals surface area (Å²) in [7, 11) is 1.66. The minimum atomic E-state index is -0.521. The summed E-state index contributed by atoms with van der Waals surface area (Å²) in [4.78, 5) is 35.2. The van der Waals surface area contributed by atoms with Crippen LogP contribution >= 0.6 is 0 Å². The second-order valence-electron chi connectivity index (χ2n) is 10.2. The fourth-order valence-corrected chi connectivity index (χ4v) is 4.92. The molecule has 0 saturated carbocycles. The summed E-state index contributed by atoms with van der Waals surface area (Å²) in [6.07, 6.45) is 8.54. The van der Waals surface area contributed by atoms with Gasteiger partial charge in [-0.2, -0.15) is 15.4 Å². The number of H-pyrrole nitrogens is 1. The molecular weight excluding hydrogens is 549 g/mol. The summed E-state index contributed by atoms with van der Waals surface area (Å²) in [5.41, 5.74) is 5.67. The van der Waals surface area contributed by atoms with Gasteiger partial charge in [0.15, 0.2) is 5.82 Å². The Morgan fingerprint density at radius 2 is 1.84 bits per heavy atom. The number of fused-ring (bicyclic) bond motifs is 1. The van der Waals surface area contributed by atoms with Gasteiger partial charge in [0.1, 0.15) is 11.5 Å². The number of likely N-dealkylation sites (N-methyl/N-ethyl adjacent to an activating group) is 1. The van der Waals surface area contributed by atoms with Gasteiger partial charge in [0.05, 0.1) is 48.1 Å². The van der Waals surface area contributed by atoms with Crippen LogP contribution in [-0.4, -0.2) is 53.5 Å². The summed E-state index contributed by atoms with van der Waals surface area (Å²) in [5.74, 6) is -0.752. The van der Waals surface area contributed by atoms with Crippen molar-refractivity contribution < 1.29 is 9.18 Å². The Labute approximate surface area is 245 Å². The lowest BCUT2D eigenvalue weighted by Gasteiger charge is -2.16. The summed E-state index contributed by atoms with van der Waals surface area (Å²) < 4.78 is 17.4. The molecule has 0 aliphatic heterocycles. The highest BCUT2D eigenvalue weighted by Gasteiger charge is 2.18. The van der Waals surface area contributed by atoms with Crippen LogP contribution in [0.15, 0.2) is 84.3 Å². The van der Waals surface area contributed by atoms with Gasteiger partial charge in [-0.1, -0.05) is 24.3 Å². The highest BCUT2D eigenvalue weighted by molar-refractivity contribution is 5.93. The van der Waals surface area contributed by atoms with Gasteiger partial charge in [0.2, 0.25) is 5.91 Å². The van der Waals surface area contributed by atoms with Crippen molar-refractivity contribution in [2.45, 2.75) is 26.4 Å². The van der Waals surface area contributed by atoms with E-state index in [1.54, 1.807) is 49.4 Å². The van der Waals surface area contributed by atoms with Crippen molar-refractivity contribution in [1.82, 2.24) is 39.8 Å². The lowest BCUT2D eigenvalue weighted by atomic mass is 10.1. The summed E-state index contributed by atoms with van der Waals surface area (Å²) in [6, 6.07) is 13.6. The van der Waals surface area contributed by atoms with Crippen LogP contribution < -0.4 is 16.2 Å². The minimum Gasteiger partial charge on any atom is -0.315 e. The third-order valence-corrected chi connectivity index (χ3v) is 7.38. The Hall–Kier alpha value is -5.49. The first-order chi connectivity index (χ1) is 20.8. The summed E-state index contributed by atoms with van der Waals surface area (Å²) in [5, 5.41) is 16.9. The van der Waals surface area contributed by atoms with Crippen molar-refractivity contribution in [3.8, 4) is 28.2 Å². The van der Waals surface area contributed by atoms with Gasteiger partial charge in [-0.3, -0.25) is 19.1 Å². The number of carbonyl (C=O) groups excluding carboxylic acids is 1. The molecule has 1 atom stereocenters. The molecule has 0 fully saturated rings. The molecule has 0 radical (unpaired) electrons. The molecule has 1 amide bonds. The SMILES string of the molecule is CNC(C)C(=O)Nc1ncc(-c2ccc(-c3cn[nH]n3)cc2)n(Cc2cncc(-n3cc(C)c4cc(F)ccc43)c2)c1=O. The number of benzene rings is 2. The topological polar surface area (TPSA) is 135 Å². The van der Waals surface area contributed by atoms with Gasteiger partial charge in [-0.05, 0) is 61.9 Å². The van der Waals surface area contributed by atoms with Crippen LogP contribution in [0.4, 0.5) is 10.2 Å². The monoisotopic (exact) mass is 577 g/mol. The van der Waals surface area contributed by atoms with Crippen molar-refractivity contribution in [3.63, 3.8) is 0 Å². The van der Waals surface area contributed by atoms with E-state index in [4.69, 9.17) is 0 Å². The summed E-state index contributed by atoms with van der Waals surface area (Å²) in [6.45, 7) is 3.77. The number of amides is 1. The first kappa shape index (κ1) is 27.7. The third-order valence-electron chi connectivity index (χ3n) is 7.38. The number of aromatic amines is 1. The molecule has 0 spiro atoms. The number of nitrogens with one attached hydrogen (secondary N) is 3. The molecule has 216 valence electrons. The van der Waals surface area contributed by atoms with Gasteiger partial charge in [-0.15, -0.1) is 0 Å². The molecule has 1 unspecified atom stereocenters. The van der Waals surface area contributed by atoms with Crippen molar-refractivity contribution in [1.29, 1.82) is 0 Å². The minimum absolute atomic E-state index is 0.0757. The van der Waals surface area contributed by atoms with E-state index in [1.807, 2.05) is 48.0 Å². The Morgan fingerprint density at radius 1 is 1.05 bits per heavy atom. The molecule has 12 heteroatoms. The highest BCUT2D eigenvalue weighted by Crippen LogP contribution is 2.27. The number of hydrogen-bond donors (Lipinski definition) is 3. The van der Waals surface area contributed by atoms with E-state index in [9.17, 15) is 14.0 Å². The molecule has 6 rings (SSSR count). The maximum absolute atomic E-state index is 13.9. The Bertz CT molecular complexity index is 2000. The van der Waals surface area contributed by atoms with Crippen molar-refractivity contribution in [2.75, 3.05) is 12.4 Å². The van der Waals surface area contributed by atoms with Crippen LogP contribution in [0.2, 0.25) is 0 Å². The second kappa shape index (κ2) is 11.4. The predicted molar refractivity (Wildman–Crippen MR) is 161 cm³/mol. The molecule has 0 saturated heterocycles. The molecule has 4 heterocycles. The standard InChI is InChI=1S/C31H28FN9O2/c1-18-16-40(27-9-8-23(32)11-25(18)27)24-10-20(12-34-13-24)17-41-28(15-35-29(31(41)43)37-30(42)19(2)33-3)22-6-4-21(5-7-22)26-14-36-39-38-26/h4-16,19,33H,17H2,1-3H3,(H,35,37,42)(H,36,38,39). The van der Waals surface area contributed by atoms with E-state index in [2.05, 4.69) is 36.0 Å². The van der Waals surface area contributed by atoms with Gasteiger partial charge in [0, 0.05) is 23.3 Å². The molecule has 4 aromatic heterocycles. The highest BCUT2D eigenvalue weighted by atomic mass is 19.1. The average molecular weight is 578 g/mol. The number of halogens is 1. The van der Waals surface area contributed by atoms with E-state index in [-0.39, 0.29) is 24.1 Å². The number of carbonyl (C=O) groups is 1. The Morgan fingerprint density at radius 3 is 2.58 bits per heavy atom. The zero-order valence-corrected chi connectivity index (χ0v) is 23.7. The predicted octanol–water partition coefficient (Wildman–Crippen LogP) is 4.08. The van der Waals surface area contributed by atoms with Crippen LogP contribution in [0.25, 0.3) is 39.1 Å². The smallest absolute Gasteiger partial charge is 0.294 e. The fourth-order valence-electron chi connectivity index (χ4n) is 4.92. The largest absolute Gasteiger partial charge is 0.315 e. The van der Waals surface area contributed by atoms with E-state index >= 15 is 0 Å². The molecule has 0 bridgehead atoms. The van der Waals surface area contributed by atoms with E-state index in [1.165, 1.54) is 12.1 Å². The maximum Gasteiger partial charge on any atom is 0.294 e. The summed E-state index contributed by atoms with van der Waals surface area (Å²) >= 11 is 0. The average Bonchev–Trinajstić information content (AvgIpc) is 3.67. The van der Waals surface area contributed by atoms with Crippen LogP contribution in [-0.2, 0) is 11.3 Å². The molecular formula is C31H28FN9O2.